The van der Waals surface area contributed by atoms with Crippen LogP contribution in [0.3, 0.4) is 0 Å². The lowest BCUT2D eigenvalue weighted by Crippen LogP contribution is -2.44. The first kappa shape index (κ1) is 15.8. The van der Waals surface area contributed by atoms with E-state index in [1.165, 1.54) is 4.72 Å². The van der Waals surface area contributed by atoms with Crippen LogP contribution in [0, 0.1) is 0 Å². The van der Waals surface area contributed by atoms with Crippen molar-refractivity contribution >= 4 is 45.5 Å². The molecule has 1 aromatic heterocycles. The summed E-state index contributed by atoms with van der Waals surface area (Å²) in [6, 6.07) is -1.14. The molecule has 2 amide bonds. The Morgan fingerprint density at radius 2 is 1.84 bits per heavy atom. The molecule has 0 saturated heterocycles. The Morgan fingerprint density at radius 3 is 2.26 bits per heavy atom. The van der Waals surface area contributed by atoms with E-state index in [4.69, 9.17) is 27.8 Å². The number of carbonyl (C=O) groups is 1. The van der Waals surface area contributed by atoms with Crippen LogP contribution in [0.4, 0.5) is 10.7 Å². The first-order valence-corrected chi connectivity index (χ1v) is 7.06. The number of hydrogen-bond acceptors (Lipinski definition) is 6. The van der Waals surface area contributed by atoms with Crippen molar-refractivity contribution in [3.8, 4) is 0 Å². The molecule has 19 heavy (non-hydrogen) atoms. The summed E-state index contributed by atoms with van der Waals surface area (Å²) in [7, 11) is -4.69. The predicted molar refractivity (Wildman–Crippen MR) is 67.6 cm³/mol. The van der Waals surface area contributed by atoms with Crippen molar-refractivity contribution in [1.82, 2.24) is 19.7 Å². The second-order valence-corrected chi connectivity index (χ2v) is 5.04. The first-order chi connectivity index (χ1) is 8.73. The third-order valence-corrected chi connectivity index (χ3v) is 2.49. The Hall–Kier alpha value is -1.23. The molecule has 0 radical (unpaired) electrons. The number of nitrogens with one attached hydrogen (secondary N) is 1. The van der Waals surface area contributed by atoms with E-state index in [-0.39, 0.29) is 23.1 Å². The van der Waals surface area contributed by atoms with E-state index >= 15 is 0 Å². The lowest BCUT2D eigenvalue weighted by molar-refractivity contribution is 0.249. The summed E-state index contributed by atoms with van der Waals surface area (Å²) >= 11 is 11.1. The molecule has 2 N–H and O–H groups in total. The van der Waals surface area contributed by atoms with Crippen LogP contribution in [-0.2, 0) is 10.3 Å². The van der Waals surface area contributed by atoms with Crippen molar-refractivity contribution in [1.29, 1.82) is 0 Å². The van der Waals surface area contributed by atoms with Gasteiger partial charge in [-0.3, -0.25) is 9.45 Å². The molecule has 9 nitrogen and oxygen atoms in total. The maximum Gasteiger partial charge on any atom is 0.361 e. The van der Waals surface area contributed by atoms with Gasteiger partial charge in [-0.15, -0.1) is 0 Å². The fourth-order valence-corrected chi connectivity index (χ4v) is 1.80. The zero-order chi connectivity index (χ0) is 14.6. The van der Waals surface area contributed by atoms with Gasteiger partial charge in [-0.1, -0.05) is 6.92 Å². The van der Waals surface area contributed by atoms with Gasteiger partial charge >= 0.3 is 16.3 Å². The minimum atomic E-state index is -4.69. The molecule has 0 aliphatic carbocycles. The van der Waals surface area contributed by atoms with Crippen LogP contribution < -0.4 is 9.62 Å². The highest BCUT2D eigenvalue weighted by atomic mass is 35.5. The summed E-state index contributed by atoms with van der Waals surface area (Å²) in [6.07, 6.45) is 0.472. The molecular formula is C7H9Cl2N5O4S. The maximum atomic E-state index is 11.7. The number of anilines is 1. The number of hydrogen-bond donors (Lipinski definition) is 2. The SMILES string of the molecule is CCCN(C(=O)NS(=O)(=O)O)c1nc(Cl)nc(Cl)n1. The summed E-state index contributed by atoms with van der Waals surface area (Å²) in [6.45, 7) is 1.82. The quantitative estimate of drug-likeness (QED) is 0.786. The molecule has 0 aliphatic rings. The largest absolute Gasteiger partial charge is 0.361 e. The molecule has 0 saturated carbocycles. The standard InChI is InChI=1S/C7H9Cl2N5O4S/c1-2-3-14(7(15)13-19(16,17)18)6-11-4(8)10-5(9)12-6/h2-3H2,1H3,(H,13,15)(H,16,17,18). The van der Waals surface area contributed by atoms with Crippen LogP contribution in [0.5, 0.6) is 0 Å². The van der Waals surface area contributed by atoms with Gasteiger partial charge in [0.25, 0.3) is 0 Å². The van der Waals surface area contributed by atoms with Crippen LogP contribution in [-0.4, -0.2) is 40.5 Å². The van der Waals surface area contributed by atoms with E-state index < -0.39 is 16.3 Å². The fourth-order valence-electron chi connectivity index (χ4n) is 1.12. The Morgan fingerprint density at radius 1 is 1.32 bits per heavy atom. The second-order valence-electron chi connectivity index (χ2n) is 3.21. The molecule has 1 heterocycles. The zero-order valence-electron chi connectivity index (χ0n) is 9.54. The normalized spacial score (nSPS) is 11.2. The average molecular weight is 330 g/mol. The van der Waals surface area contributed by atoms with Crippen LogP contribution >= 0.6 is 23.2 Å². The Labute approximate surface area is 118 Å². The van der Waals surface area contributed by atoms with Crippen LogP contribution in [0.1, 0.15) is 13.3 Å². The van der Waals surface area contributed by atoms with Gasteiger partial charge in [-0.2, -0.15) is 23.4 Å². The van der Waals surface area contributed by atoms with Gasteiger partial charge in [0.1, 0.15) is 0 Å². The lowest BCUT2D eigenvalue weighted by Gasteiger charge is -2.19. The molecule has 0 spiro atoms. The fraction of sp³-hybridized carbons (Fsp3) is 0.429. The molecule has 0 atom stereocenters. The van der Waals surface area contributed by atoms with E-state index in [0.29, 0.717) is 6.42 Å². The van der Waals surface area contributed by atoms with Gasteiger partial charge in [0.15, 0.2) is 0 Å². The van der Waals surface area contributed by atoms with E-state index in [9.17, 15) is 13.2 Å². The molecule has 0 unspecified atom stereocenters. The molecule has 12 heteroatoms. The van der Waals surface area contributed by atoms with Crippen molar-refractivity contribution in [2.24, 2.45) is 0 Å². The molecule has 1 rings (SSSR count). The van der Waals surface area contributed by atoms with Gasteiger partial charge in [-0.25, -0.2) is 9.52 Å². The smallest absolute Gasteiger partial charge is 0.269 e. The third kappa shape index (κ3) is 5.11. The number of aromatic nitrogens is 3. The topological polar surface area (TPSA) is 125 Å². The van der Waals surface area contributed by atoms with Crippen molar-refractivity contribution in [2.45, 2.75) is 13.3 Å². The zero-order valence-corrected chi connectivity index (χ0v) is 11.9. The highest BCUT2D eigenvalue weighted by Gasteiger charge is 2.22. The highest BCUT2D eigenvalue weighted by molar-refractivity contribution is 7.84. The number of rotatable bonds is 4. The number of nitrogens with zero attached hydrogens (tertiary/aromatic N) is 4. The van der Waals surface area contributed by atoms with Crippen molar-refractivity contribution in [3.63, 3.8) is 0 Å². The Balaban J connectivity index is 3.09. The summed E-state index contributed by atoms with van der Waals surface area (Å²) < 4.78 is 31.2. The summed E-state index contributed by atoms with van der Waals surface area (Å²) in [5.41, 5.74) is 0. The summed E-state index contributed by atoms with van der Waals surface area (Å²) in [4.78, 5) is 23.3. The van der Waals surface area contributed by atoms with Gasteiger partial charge in [0, 0.05) is 6.54 Å². The van der Waals surface area contributed by atoms with Gasteiger partial charge in [0.2, 0.25) is 16.5 Å². The lowest BCUT2D eigenvalue weighted by atomic mass is 10.4. The van der Waals surface area contributed by atoms with E-state index in [2.05, 4.69) is 15.0 Å². The van der Waals surface area contributed by atoms with E-state index in [0.717, 1.165) is 4.90 Å². The number of amides is 2. The van der Waals surface area contributed by atoms with Crippen molar-refractivity contribution in [2.75, 3.05) is 11.4 Å². The number of urea groups is 1. The second kappa shape index (κ2) is 6.28. The summed E-state index contributed by atoms with van der Waals surface area (Å²) in [5, 5.41) is -0.508. The van der Waals surface area contributed by atoms with Gasteiger partial charge in [0.05, 0.1) is 0 Å². The van der Waals surface area contributed by atoms with E-state index in [1.54, 1.807) is 6.92 Å². The summed E-state index contributed by atoms with van der Waals surface area (Å²) in [5.74, 6) is -0.229. The van der Waals surface area contributed by atoms with Gasteiger partial charge in [-0.05, 0) is 29.6 Å². The molecule has 1 aromatic rings. The van der Waals surface area contributed by atoms with Crippen molar-refractivity contribution in [3.05, 3.63) is 10.6 Å². The average Bonchev–Trinajstić information content (AvgIpc) is 2.21. The molecule has 0 aliphatic heterocycles. The molecule has 0 bridgehead atoms. The van der Waals surface area contributed by atoms with Gasteiger partial charge < -0.3 is 0 Å². The van der Waals surface area contributed by atoms with Crippen molar-refractivity contribution < 1.29 is 17.8 Å². The minimum Gasteiger partial charge on any atom is -0.269 e. The van der Waals surface area contributed by atoms with Crippen LogP contribution in [0.15, 0.2) is 0 Å². The molecule has 0 fully saturated rings. The minimum absolute atomic E-state index is 0.0814. The molecule has 106 valence electrons. The highest BCUT2D eigenvalue weighted by Crippen LogP contribution is 2.14. The maximum absolute atomic E-state index is 11.7. The van der Waals surface area contributed by atoms with Crippen LogP contribution in [0.2, 0.25) is 10.6 Å². The van der Waals surface area contributed by atoms with E-state index in [1.807, 2.05) is 0 Å². The third-order valence-electron chi connectivity index (χ3n) is 1.72. The Bertz CT molecular complexity index is 561. The number of carbonyl (C=O) groups excluding carboxylic acids is 1. The predicted octanol–water partition coefficient (Wildman–Crippen LogP) is 0.907. The Kier molecular flexibility index (Phi) is 5.23. The number of halogens is 2. The first-order valence-electron chi connectivity index (χ1n) is 4.86. The molecule has 0 aromatic carbocycles. The molecular weight excluding hydrogens is 321 g/mol. The van der Waals surface area contributed by atoms with Crippen LogP contribution in [0.25, 0.3) is 0 Å². The monoisotopic (exact) mass is 329 g/mol.